The maximum absolute atomic E-state index is 11.5. The molecule has 76 valence electrons. The van der Waals surface area contributed by atoms with Crippen molar-refractivity contribution in [2.45, 2.75) is 34.1 Å². The predicted molar refractivity (Wildman–Crippen MR) is 50.3 cm³/mol. The van der Waals surface area contributed by atoms with E-state index in [1.165, 1.54) is 7.11 Å². The van der Waals surface area contributed by atoms with Gasteiger partial charge in [-0.3, -0.25) is 9.59 Å². The third-order valence-electron chi connectivity index (χ3n) is 1.93. The van der Waals surface area contributed by atoms with Crippen molar-refractivity contribution in [2.24, 2.45) is 11.3 Å². The van der Waals surface area contributed by atoms with Crippen LogP contribution in [0.25, 0.3) is 0 Å². The lowest BCUT2D eigenvalue weighted by Gasteiger charge is -2.18. The highest BCUT2D eigenvalue weighted by molar-refractivity contribution is 5.87. The Hall–Kier alpha value is -0.860. The van der Waals surface area contributed by atoms with Crippen LogP contribution in [0.5, 0.6) is 0 Å². The van der Waals surface area contributed by atoms with E-state index in [0.717, 1.165) is 0 Å². The molecule has 1 atom stereocenters. The predicted octanol–water partition coefficient (Wildman–Crippen LogP) is 1.80. The zero-order valence-corrected chi connectivity index (χ0v) is 9.01. The summed E-state index contributed by atoms with van der Waals surface area (Å²) in [4.78, 5) is 22.5. The van der Waals surface area contributed by atoms with Crippen molar-refractivity contribution in [2.75, 3.05) is 7.11 Å². The third-order valence-corrected chi connectivity index (χ3v) is 1.93. The maximum Gasteiger partial charge on any atom is 0.308 e. The Morgan fingerprint density at radius 1 is 1.31 bits per heavy atom. The van der Waals surface area contributed by atoms with E-state index in [2.05, 4.69) is 4.74 Å². The van der Waals surface area contributed by atoms with Crippen LogP contribution >= 0.6 is 0 Å². The fourth-order valence-corrected chi connectivity index (χ4v) is 0.869. The molecule has 13 heavy (non-hydrogen) atoms. The summed E-state index contributed by atoms with van der Waals surface area (Å²) in [5.41, 5.74) is -0.373. The molecule has 0 heterocycles. The highest BCUT2D eigenvalue weighted by Gasteiger charge is 2.25. The fourth-order valence-electron chi connectivity index (χ4n) is 0.869. The van der Waals surface area contributed by atoms with Crippen molar-refractivity contribution in [3.05, 3.63) is 0 Å². The maximum atomic E-state index is 11.5. The Morgan fingerprint density at radius 3 is 2.08 bits per heavy atom. The van der Waals surface area contributed by atoms with Crippen molar-refractivity contribution >= 4 is 11.8 Å². The van der Waals surface area contributed by atoms with Gasteiger partial charge in [-0.15, -0.1) is 0 Å². The Bertz CT molecular complexity index is 201. The Morgan fingerprint density at radius 2 is 1.77 bits per heavy atom. The number of esters is 1. The zero-order valence-electron chi connectivity index (χ0n) is 9.01. The Balaban J connectivity index is 4.15. The summed E-state index contributed by atoms with van der Waals surface area (Å²) in [6, 6.07) is 0. The lowest BCUT2D eigenvalue weighted by Crippen LogP contribution is -2.25. The van der Waals surface area contributed by atoms with E-state index in [0.29, 0.717) is 0 Å². The standard InChI is InChI=1S/C10H18O3/c1-7(9(12)13-5)6-8(11)10(2,3)4/h7H,6H2,1-5H3/t7-/m0/s1. The molecule has 0 saturated heterocycles. The lowest BCUT2D eigenvalue weighted by molar-refractivity contribution is -0.147. The molecule has 0 aromatic rings. The number of methoxy groups -OCH3 is 1. The van der Waals surface area contributed by atoms with Gasteiger partial charge in [0.15, 0.2) is 0 Å². The van der Waals surface area contributed by atoms with Crippen LogP contribution in [0.15, 0.2) is 0 Å². The average Bonchev–Trinajstić information content (AvgIpc) is 2.01. The Kier molecular flexibility index (Phi) is 4.11. The van der Waals surface area contributed by atoms with Crippen molar-refractivity contribution < 1.29 is 14.3 Å². The van der Waals surface area contributed by atoms with E-state index in [9.17, 15) is 9.59 Å². The number of rotatable bonds is 3. The van der Waals surface area contributed by atoms with E-state index < -0.39 is 0 Å². The van der Waals surface area contributed by atoms with Gasteiger partial charge in [0.2, 0.25) is 0 Å². The molecular weight excluding hydrogens is 168 g/mol. The second-order valence-corrected chi connectivity index (χ2v) is 4.30. The normalized spacial score (nSPS) is 13.6. The second-order valence-electron chi connectivity index (χ2n) is 4.30. The molecule has 0 aliphatic carbocycles. The monoisotopic (exact) mass is 186 g/mol. The summed E-state index contributed by atoms with van der Waals surface area (Å²) in [6.45, 7) is 7.24. The van der Waals surface area contributed by atoms with Crippen LogP contribution in [-0.4, -0.2) is 18.9 Å². The minimum Gasteiger partial charge on any atom is -0.469 e. The van der Waals surface area contributed by atoms with Gasteiger partial charge in [-0.1, -0.05) is 27.7 Å². The van der Waals surface area contributed by atoms with Gasteiger partial charge in [-0.25, -0.2) is 0 Å². The molecule has 0 radical (unpaired) electrons. The number of Topliss-reactive ketones (excluding diaryl/α,β-unsaturated/α-hetero) is 1. The minimum atomic E-state index is -0.373. The lowest BCUT2D eigenvalue weighted by atomic mass is 9.86. The van der Waals surface area contributed by atoms with Gasteiger partial charge in [0.1, 0.15) is 5.78 Å². The Labute approximate surface area is 79.5 Å². The number of ketones is 1. The molecule has 3 nitrogen and oxygen atoms in total. The number of ether oxygens (including phenoxy) is 1. The number of carbonyl (C=O) groups excluding carboxylic acids is 2. The van der Waals surface area contributed by atoms with Crippen LogP contribution in [-0.2, 0) is 14.3 Å². The van der Waals surface area contributed by atoms with Gasteiger partial charge in [-0.2, -0.15) is 0 Å². The van der Waals surface area contributed by atoms with E-state index in [1.54, 1.807) is 6.92 Å². The van der Waals surface area contributed by atoms with Crippen molar-refractivity contribution in [3.8, 4) is 0 Å². The average molecular weight is 186 g/mol. The molecule has 0 aromatic heterocycles. The first-order valence-corrected chi connectivity index (χ1v) is 4.40. The summed E-state index contributed by atoms with van der Waals surface area (Å²) in [7, 11) is 1.33. The van der Waals surface area contributed by atoms with Gasteiger partial charge in [0.05, 0.1) is 13.0 Å². The molecule has 0 spiro atoms. The third kappa shape index (κ3) is 4.06. The van der Waals surface area contributed by atoms with E-state index in [4.69, 9.17) is 0 Å². The SMILES string of the molecule is COC(=O)[C@@H](C)CC(=O)C(C)(C)C. The summed E-state index contributed by atoms with van der Waals surface area (Å²) < 4.78 is 4.53. The summed E-state index contributed by atoms with van der Waals surface area (Å²) >= 11 is 0. The van der Waals surface area contributed by atoms with Crippen LogP contribution in [0.2, 0.25) is 0 Å². The highest BCUT2D eigenvalue weighted by atomic mass is 16.5. The number of carbonyl (C=O) groups is 2. The molecule has 0 unspecified atom stereocenters. The topological polar surface area (TPSA) is 43.4 Å². The number of hydrogen-bond acceptors (Lipinski definition) is 3. The van der Waals surface area contributed by atoms with Crippen molar-refractivity contribution in [1.82, 2.24) is 0 Å². The van der Waals surface area contributed by atoms with Crippen LogP contribution < -0.4 is 0 Å². The van der Waals surface area contributed by atoms with Gasteiger partial charge in [-0.05, 0) is 0 Å². The minimum absolute atomic E-state index is 0.0883. The first-order valence-electron chi connectivity index (χ1n) is 4.40. The smallest absolute Gasteiger partial charge is 0.308 e. The summed E-state index contributed by atoms with van der Waals surface area (Å²) in [5, 5.41) is 0. The van der Waals surface area contributed by atoms with Crippen LogP contribution in [0.4, 0.5) is 0 Å². The molecule has 0 N–H and O–H groups in total. The first kappa shape index (κ1) is 12.1. The summed E-state index contributed by atoms with van der Waals surface area (Å²) in [5.74, 6) is -0.570. The van der Waals surface area contributed by atoms with Crippen LogP contribution in [0.1, 0.15) is 34.1 Å². The second kappa shape index (κ2) is 4.40. The fraction of sp³-hybridized carbons (Fsp3) is 0.800. The van der Waals surface area contributed by atoms with Gasteiger partial charge in [0.25, 0.3) is 0 Å². The highest BCUT2D eigenvalue weighted by Crippen LogP contribution is 2.20. The van der Waals surface area contributed by atoms with Gasteiger partial charge < -0.3 is 4.74 Å². The molecule has 0 fully saturated rings. The molecule has 3 heteroatoms. The molecule has 0 amide bonds. The molecule has 0 saturated carbocycles. The zero-order chi connectivity index (χ0) is 10.6. The van der Waals surface area contributed by atoms with Gasteiger partial charge >= 0.3 is 5.97 Å². The van der Waals surface area contributed by atoms with Crippen LogP contribution in [0, 0.1) is 11.3 Å². The largest absolute Gasteiger partial charge is 0.469 e. The van der Waals surface area contributed by atoms with Crippen molar-refractivity contribution in [1.29, 1.82) is 0 Å². The van der Waals surface area contributed by atoms with Crippen LogP contribution in [0.3, 0.4) is 0 Å². The van der Waals surface area contributed by atoms with Gasteiger partial charge in [0, 0.05) is 11.8 Å². The van der Waals surface area contributed by atoms with E-state index >= 15 is 0 Å². The molecular formula is C10H18O3. The molecule has 0 bridgehead atoms. The van der Waals surface area contributed by atoms with E-state index in [-0.39, 0.29) is 29.5 Å². The quantitative estimate of drug-likeness (QED) is 0.631. The summed E-state index contributed by atoms with van der Waals surface area (Å²) in [6.07, 6.45) is 0.260. The molecule has 0 rings (SSSR count). The molecule has 0 aromatic carbocycles. The molecule has 0 aliphatic heterocycles. The molecule has 0 aliphatic rings. The number of hydrogen-bond donors (Lipinski definition) is 0. The van der Waals surface area contributed by atoms with Crippen molar-refractivity contribution in [3.63, 3.8) is 0 Å². The van der Waals surface area contributed by atoms with E-state index in [1.807, 2.05) is 20.8 Å². The first-order chi connectivity index (χ1) is 5.79.